The molecule has 0 aliphatic carbocycles. The fraction of sp³-hybridized carbons (Fsp3) is 0.600. The Bertz CT molecular complexity index is 497. The van der Waals surface area contributed by atoms with Crippen LogP contribution in [0.15, 0.2) is 29.2 Å². The summed E-state index contributed by atoms with van der Waals surface area (Å²) in [7, 11) is -3.41. The molecule has 20 heavy (non-hydrogen) atoms. The van der Waals surface area contributed by atoms with Crippen LogP contribution >= 0.6 is 0 Å². The van der Waals surface area contributed by atoms with Gasteiger partial charge in [0.05, 0.1) is 4.90 Å². The van der Waals surface area contributed by atoms with Gasteiger partial charge in [-0.15, -0.1) is 0 Å². The van der Waals surface area contributed by atoms with Gasteiger partial charge in [-0.25, -0.2) is 8.42 Å². The van der Waals surface area contributed by atoms with Crippen molar-refractivity contribution in [2.45, 2.75) is 38.5 Å². The molecule has 4 nitrogen and oxygen atoms in total. The fourth-order valence-corrected chi connectivity index (χ4v) is 3.65. The highest BCUT2D eigenvalue weighted by Crippen LogP contribution is 2.18. The summed E-state index contributed by atoms with van der Waals surface area (Å²) in [6.07, 6.45) is 2.03. The molecule has 0 bridgehead atoms. The summed E-state index contributed by atoms with van der Waals surface area (Å²) in [6.45, 7) is 7.34. The molecule has 0 amide bonds. The summed E-state index contributed by atoms with van der Waals surface area (Å²) in [5.41, 5.74) is 6.76. The molecule has 1 atom stereocenters. The van der Waals surface area contributed by atoms with Crippen molar-refractivity contribution in [3.05, 3.63) is 29.8 Å². The Kier molecular flexibility index (Phi) is 6.65. The first-order valence-electron chi connectivity index (χ1n) is 7.24. The Hall–Kier alpha value is -0.910. The SMILES string of the molecule is CCCc1ccc(S(=O)(=O)N(CC)CC(C)CN)cc1. The number of rotatable bonds is 8. The van der Waals surface area contributed by atoms with E-state index in [2.05, 4.69) is 6.92 Å². The number of nitrogens with two attached hydrogens (primary N) is 1. The predicted molar refractivity (Wildman–Crippen MR) is 83.1 cm³/mol. The lowest BCUT2D eigenvalue weighted by atomic mass is 10.1. The molecule has 0 fully saturated rings. The van der Waals surface area contributed by atoms with E-state index in [0.717, 1.165) is 12.8 Å². The zero-order valence-corrected chi connectivity index (χ0v) is 13.5. The summed E-state index contributed by atoms with van der Waals surface area (Å²) in [5, 5.41) is 0. The van der Waals surface area contributed by atoms with Crippen LogP contribution in [-0.2, 0) is 16.4 Å². The van der Waals surface area contributed by atoms with Gasteiger partial charge in [0.15, 0.2) is 0 Å². The molecule has 0 saturated carbocycles. The maximum Gasteiger partial charge on any atom is 0.243 e. The van der Waals surface area contributed by atoms with Crippen LogP contribution in [0.1, 0.15) is 32.8 Å². The minimum Gasteiger partial charge on any atom is -0.330 e. The van der Waals surface area contributed by atoms with E-state index in [9.17, 15) is 8.42 Å². The van der Waals surface area contributed by atoms with Crippen molar-refractivity contribution in [3.63, 3.8) is 0 Å². The highest BCUT2D eigenvalue weighted by Gasteiger charge is 2.24. The summed E-state index contributed by atoms with van der Waals surface area (Å²) < 4.78 is 26.6. The number of aryl methyl sites for hydroxylation is 1. The molecule has 2 N–H and O–H groups in total. The Morgan fingerprint density at radius 1 is 1.20 bits per heavy atom. The predicted octanol–water partition coefficient (Wildman–Crippen LogP) is 2.24. The van der Waals surface area contributed by atoms with E-state index in [4.69, 9.17) is 5.73 Å². The maximum absolute atomic E-state index is 12.6. The van der Waals surface area contributed by atoms with Gasteiger partial charge in [-0.3, -0.25) is 0 Å². The molecule has 114 valence electrons. The third-order valence-corrected chi connectivity index (χ3v) is 5.33. The van der Waals surface area contributed by atoms with Gasteiger partial charge in [-0.2, -0.15) is 4.31 Å². The van der Waals surface area contributed by atoms with E-state index in [1.165, 1.54) is 9.87 Å². The van der Waals surface area contributed by atoms with E-state index in [0.29, 0.717) is 24.5 Å². The Balaban J connectivity index is 2.95. The lowest BCUT2D eigenvalue weighted by molar-refractivity contribution is 0.371. The van der Waals surface area contributed by atoms with Gasteiger partial charge in [0.25, 0.3) is 0 Å². The molecular formula is C15H26N2O2S. The fourth-order valence-electron chi connectivity index (χ4n) is 2.09. The quantitative estimate of drug-likeness (QED) is 0.800. The van der Waals surface area contributed by atoms with Crippen molar-refractivity contribution >= 4 is 10.0 Å². The van der Waals surface area contributed by atoms with Crippen molar-refractivity contribution in [1.29, 1.82) is 0 Å². The summed E-state index contributed by atoms with van der Waals surface area (Å²) in [4.78, 5) is 0.364. The highest BCUT2D eigenvalue weighted by molar-refractivity contribution is 7.89. The monoisotopic (exact) mass is 298 g/mol. The second kappa shape index (κ2) is 7.76. The van der Waals surface area contributed by atoms with Crippen LogP contribution in [0.25, 0.3) is 0 Å². The van der Waals surface area contributed by atoms with Crippen LogP contribution in [0.4, 0.5) is 0 Å². The minimum absolute atomic E-state index is 0.157. The average molecular weight is 298 g/mol. The van der Waals surface area contributed by atoms with Crippen molar-refractivity contribution in [1.82, 2.24) is 4.31 Å². The summed E-state index contributed by atoms with van der Waals surface area (Å²) in [5.74, 6) is 0.157. The number of hydrogen-bond donors (Lipinski definition) is 1. The number of hydrogen-bond acceptors (Lipinski definition) is 3. The molecule has 1 aromatic carbocycles. The topological polar surface area (TPSA) is 63.4 Å². The molecule has 0 aliphatic rings. The van der Waals surface area contributed by atoms with E-state index in [1.807, 2.05) is 26.0 Å². The molecule has 1 unspecified atom stereocenters. The Morgan fingerprint density at radius 2 is 1.80 bits per heavy atom. The molecule has 1 rings (SSSR count). The van der Waals surface area contributed by atoms with Gasteiger partial charge in [0, 0.05) is 13.1 Å². The van der Waals surface area contributed by atoms with Crippen molar-refractivity contribution in [2.24, 2.45) is 11.7 Å². The molecule has 0 aromatic heterocycles. The zero-order chi connectivity index (χ0) is 15.2. The number of benzene rings is 1. The van der Waals surface area contributed by atoms with Crippen LogP contribution in [0.5, 0.6) is 0 Å². The molecular weight excluding hydrogens is 272 g/mol. The van der Waals surface area contributed by atoms with Gasteiger partial charge in [0.1, 0.15) is 0 Å². The van der Waals surface area contributed by atoms with Crippen molar-refractivity contribution < 1.29 is 8.42 Å². The van der Waals surface area contributed by atoms with Crippen LogP contribution in [-0.4, -0.2) is 32.4 Å². The second-order valence-corrected chi connectivity index (χ2v) is 7.13. The third-order valence-electron chi connectivity index (χ3n) is 3.37. The molecule has 0 heterocycles. The molecule has 1 aromatic rings. The zero-order valence-electron chi connectivity index (χ0n) is 12.7. The van der Waals surface area contributed by atoms with Crippen LogP contribution in [0.2, 0.25) is 0 Å². The minimum atomic E-state index is -3.41. The Labute approximate surface area is 123 Å². The van der Waals surface area contributed by atoms with E-state index < -0.39 is 10.0 Å². The molecule has 0 spiro atoms. The largest absolute Gasteiger partial charge is 0.330 e. The lowest BCUT2D eigenvalue weighted by Crippen LogP contribution is -2.36. The number of nitrogens with zero attached hydrogens (tertiary/aromatic N) is 1. The molecule has 5 heteroatoms. The van der Waals surface area contributed by atoms with Gasteiger partial charge in [-0.05, 0) is 36.6 Å². The summed E-state index contributed by atoms with van der Waals surface area (Å²) in [6, 6.07) is 7.21. The normalized spacial score (nSPS) is 13.7. The van der Waals surface area contributed by atoms with Crippen molar-refractivity contribution in [3.8, 4) is 0 Å². The van der Waals surface area contributed by atoms with Crippen LogP contribution in [0, 0.1) is 5.92 Å². The molecule has 0 saturated heterocycles. The molecule has 0 radical (unpaired) electrons. The highest BCUT2D eigenvalue weighted by atomic mass is 32.2. The standard InChI is InChI=1S/C15H26N2O2S/c1-4-6-14-7-9-15(10-8-14)20(18,19)17(5-2)12-13(3)11-16/h7-10,13H,4-6,11-12,16H2,1-3H3. The first-order chi connectivity index (χ1) is 9.45. The van der Waals surface area contributed by atoms with Gasteiger partial charge in [-0.1, -0.05) is 39.3 Å². The van der Waals surface area contributed by atoms with Crippen LogP contribution in [0.3, 0.4) is 0 Å². The first kappa shape index (κ1) is 17.1. The third kappa shape index (κ3) is 4.30. The van der Waals surface area contributed by atoms with Gasteiger partial charge < -0.3 is 5.73 Å². The first-order valence-corrected chi connectivity index (χ1v) is 8.68. The average Bonchev–Trinajstić information content (AvgIpc) is 2.45. The molecule has 0 aliphatic heterocycles. The van der Waals surface area contributed by atoms with Crippen molar-refractivity contribution in [2.75, 3.05) is 19.6 Å². The van der Waals surface area contributed by atoms with E-state index in [-0.39, 0.29) is 5.92 Å². The maximum atomic E-state index is 12.6. The van der Waals surface area contributed by atoms with Gasteiger partial charge >= 0.3 is 0 Å². The Morgan fingerprint density at radius 3 is 2.25 bits per heavy atom. The smallest absolute Gasteiger partial charge is 0.243 e. The second-order valence-electron chi connectivity index (χ2n) is 5.19. The van der Waals surface area contributed by atoms with Gasteiger partial charge in [0.2, 0.25) is 10.0 Å². The number of sulfonamides is 1. The van der Waals surface area contributed by atoms with Crippen LogP contribution < -0.4 is 5.73 Å². The van der Waals surface area contributed by atoms with E-state index >= 15 is 0 Å². The summed E-state index contributed by atoms with van der Waals surface area (Å²) >= 11 is 0. The lowest BCUT2D eigenvalue weighted by Gasteiger charge is -2.23. The van der Waals surface area contributed by atoms with E-state index in [1.54, 1.807) is 12.1 Å².